The molecule has 0 aromatic rings. The maximum Gasteiger partial charge on any atom is 0.309 e. The van der Waals surface area contributed by atoms with E-state index in [1.807, 2.05) is 13.8 Å². The lowest BCUT2D eigenvalue weighted by molar-refractivity contribution is -0.142. The molecule has 0 radical (unpaired) electrons. The van der Waals surface area contributed by atoms with E-state index in [9.17, 15) is 9.32 Å². The van der Waals surface area contributed by atoms with Gasteiger partial charge in [-0.1, -0.05) is 6.92 Å². The van der Waals surface area contributed by atoms with Crippen molar-refractivity contribution in [1.82, 2.24) is 0 Å². The Bertz CT molecular complexity index is 326. The van der Waals surface area contributed by atoms with Crippen LogP contribution >= 0.6 is 15.9 Å². The molecule has 0 N–H and O–H groups in total. The van der Waals surface area contributed by atoms with E-state index in [-0.39, 0.29) is 18.8 Å². The summed E-state index contributed by atoms with van der Waals surface area (Å²) in [6, 6.07) is 0. The Morgan fingerprint density at radius 3 is 2.28 bits per heavy atom. The minimum absolute atomic E-state index is 0.0642. The van der Waals surface area contributed by atoms with Crippen LogP contribution in [0.5, 0.6) is 0 Å². The van der Waals surface area contributed by atoms with Crippen LogP contribution in [-0.4, -0.2) is 19.2 Å². The molecule has 0 bridgehead atoms. The van der Waals surface area contributed by atoms with Crippen molar-refractivity contribution in [3.63, 3.8) is 0 Å². The quantitative estimate of drug-likeness (QED) is 0.387. The Kier molecular flexibility index (Phi) is 9.36. The van der Waals surface area contributed by atoms with Gasteiger partial charge in [-0.2, -0.15) is 0 Å². The van der Waals surface area contributed by atoms with Gasteiger partial charge in [0.1, 0.15) is 10.2 Å². The lowest BCUT2D eigenvalue weighted by atomic mass is 10.3. The molecule has 4 nitrogen and oxygen atoms in total. The van der Waals surface area contributed by atoms with Crippen LogP contribution in [0.3, 0.4) is 0 Å². The van der Waals surface area contributed by atoms with Crippen molar-refractivity contribution in [3.8, 4) is 0 Å². The largest absolute Gasteiger partial charge is 0.497 e. The van der Waals surface area contributed by atoms with Gasteiger partial charge in [0, 0.05) is 10.9 Å². The molecule has 18 heavy (non-hydrogen) atoms. The van der Waals surface area contributed by atoms with E-state index in [0.717, 1.165) is 0 Å². The van der Waals surface area contributed by atoms with E-state index in [0.29, 0.717) is 23.3 Å². The normalized spacial score (nSPS) is 12.8. The number of ether oxygens (including phenoxy) is 2. The van der Waals surface area contributed by atoms with E-state index < -0.39 is 5.97 Å². The zero-order valence-electron chi connectivity index (χ0n) is 10.8. The first-order valence-corrected chi connectivity index (χ1v) is 6.56. The number of halogens is 2. The summed E-state index contributed by atoms with van der Waals surface area (Å²) >= 11 is 3.19. The molecule has 0 heterocycles. The molecule has 0 spiro atoms. The monoisotopic (exact) mass is 324 g/mol. The van der Waals surface area contributed by atoms with E-state index in [1.54, 1.807) is 6.92 Å². The van der Waals surface area contributed by atoms with Crippen molar-refractivity contribution < 1.29 is 23.7 Å². The molecule has 0 aromatic heterocycles. The van der Waals surface area contributed by atoms with Crippen molar-refractivity contribution in [2.45, 2.75) is 33.6 Å². The number of esters is 1. The van der Waals surface area contributed by atoms with Gasteiger partial charge in [-0.3, -0.25) is 9.74 Å². The third kappa shape index (κ3) is 6.05. The van der Waals surface area contributed by atoms with Gasteiger partial charge in [-0.15, -0.1) is 0 Å². The number of hydrogen-bond donors (Lipinski definition) is 0. The standard InChI is InChI=1S/C12H18BrFO4/c1-4-9(16-5-2)12(13)10(18-14)7-8-11(15)17-6-3/h7H,4-6,8H2,1-3H3/b10-7+,12-9-. The molecule has 0 aliphatic rings. The van der Waals surface area contributed by atoms with Gasteiger partial charge >= 0.3 is 5.97 Å². The van der Waals surface area contributed by atoms with Gasteiger partial charge in [-0.05, 0) is 35.9 Å². The highest BCUT2D eigenvalue weighted by molar-refractivity contribution is 9.12. The summed E-state index contributed by atoms with van der Waals surface area (Å²) in [7, 11) is 0. The Balaban J connectivity index is 4.83. The number of rotatable bonds is 8. The summed E-state index contributed by atoms with van der Waals surface area (Å²) in [6.45, 7) is 6.15. The van der Waals surface area contributed by atoms with E-state index in [4.69, 9.17) is 9.47 Å². The molecule has 0 saturated heterocycles. The average Bonchev–Trinajstić information content (AvgIpc) is 2.36. The molecule has 0 amide bonds. The molecular formula is C12H18BrFO4. The van der Waals surface area contributed by atoms with E-state index >= 15 is 0 Å². The minimum atomic E-state index is -0.443. The molecule has 0 aliphatic heterocycles. The first-order valence-electron chi connectivity index (χ1n) is 5.76. The van der Waals surface area contributed by atoms with Crippen LogP contribution in [0.4, 0.5) is 4.53 Å². The highest BCUT2D eigenvalue weighted by Gasteiger charge is 2.12. The molecule has 0 fully saturated rings. The zero-order valence-corrected chi connectivity index (χ0v) is 12.4. The lowest BCUT2D eigenvalue weighted by Crippen LogP contribution is -2.03. The second-order valence-electron chi connectivity index (χ2n) is 3.18. The summed E-state index contributed by atoms with van der Waals surface area (Å²) in [4.78, 5) is 14.9. The smallest absolute Gasteiger partial charge is 0.309 e. The third-order valence-corrected chi connectivity index (χ3v) is 2.78. The summed E-state index contributed by atoms with van der Waals surface area (Å²) in [5, 5.41) is 0. The van der Waals surface area contributed by atoms with Crippen molar-refractivity contribution in [2.24, 2.45) is 0 Å². The van der Waals surface area contributed by atoms with Crippen LogP contribution in [0, 0.1) is 0 Å². The van der Waals surface area contributed by atoms with Gasteiger partial charge in [0.15, 0.2) is 5.76 Å². The van der Waals surface area contributed by atoms with Gasteiger partial charge < -0.3 is 9.47 Å². The van der Waals surface area contributed by atoms with Gasteiger partial charge in [-0.25, -0.2) is 0 Å². The van der Waals surface area contributed by atoms with Gasteiger partial charge in [0.2, 0.25) is 0 Å². The minimum Gasteiger partial charge on any atom is -0.497 e. The number of allylic oxidation sites excluding steroid dienone is 2. The van der Waals surface area contributed by atoms with Crippen LogP contribution in [0.25, 0.3) is 0 Å². The Morgan fingerprint density at radius 2 is 1.83 bits per heavy atom. The highest BCUT2D eigenvalue weighted by atomic mass is 79.9. The summed E-state index contributed by atoms with van der Waals surface area (Å²) < 4.78 is 22.8. The number of carbonyl (C=O) groups excluding carboxylic acids is 1. The van der Waals surface area contributed by atoms with Crippen molar-refractivity contribution in [3.05, 3.63) is 22.1 Å². The maximum absolute atomic E-state index is 12.4. The molecule has 0 rings (SSSR count). The average molecular weight is 325 g/mol. The molecule has 0 atom stereocenters. The van der Waals surface area contributed by atoms with Crippen LogP contribution in [-0.2, 0) is 19.2 Å². The maximum atomic E-state index is 12.4. The van der Waals surface area contributed by atoms with Crippen LogP contribution in [0.1, 0.15) is 33.6 Å². The second-order valence-corrected chi connectivity index (χ2v) is 3.97. The molecule has 0 aromatic carbocycles. The SMILES string of the molecule is CCOC(=O)C/C=C(OF)\C(Br)=C(/CC)OCC. The molecule has 0 unspecified atom stereocenters. The van der Waals surface area contributed by atoms with Crippen molar-refractivity contribution in [1.29, 1.82) is 0 Å². The topological polar surface area (TPSA) is 44.8 Å². The predicted octanol–water partition coefficient (Wildman–Crippen LogP) is 3.78. The number of hydrogen-bond acceptors (Lipinski definition) is 4. The molecule has 6 heteroatoms. The molecule has 0 aliphatic carbocycles. The third-order valence-electron chi connectivity index (χ3n) is 1.94. The van der Waals surface area contributed by atoms with Crippen LogP contribution in [0.15, 0.2) is 22.1 Å². The fourth-order valence-corrected chi connectivity index (χ4v) is 1.80. The highest BCUT2D eigenvalue weighted by Crippen LogP contribution is 2.26. The van der Waals surface area contributed by atoms with Crippen LogP contribution in [0.2, 0.25) is 0 Å². The Labute approximate surface area is 115 Å². The summed E-state index contributed by atoms with van der Waals surface area (Å²) in [6.07, 6.45) is 1.82. The fraction of sp³-hybridized carbons (Fsp3) is 0.583. The van der Waals surface area contributed by atoms with Crippen molar-refractivity contribution >= 4 is 21.9 Å². The first-order chi connectivity index (χ1) is 8.60. The summed E-state index contributed by atoms with van der Waals surface area (Å²) in [5.74, 6) is 0.0282. The first kappa shape index (κ1) is 17.0. The molecular weight excluding hydrogens is 307 g/mol. The Hall–Kier alpha value is -1.04. The fourth-order valence-electron chi connectivity index (χ4n) is 1.18. The molecule has 104 valence electrons. The van der Waals surface area contributed by atoms with Crippen LogP contribution < -0.4 is 0 Å². The number of carbonyl (C=O) groups is 1. The van der Waals surface area contributed by atoms with Crippen molar-refractivity contribution in [2.75, 3.05) is 13.2 Å². The zero-order chi connectivity index (χ0) is 14.0. The lowest BCUT2D eigenvalue weighted by Gasteiger charge is -2.09. The van der Waals surface area contributed by atoms with E-state index in [2.05, 4.69) is 20.9 Å². The van der Waals surface area contributed by atoms with E-state index in [1.165, 1.54) is 6.08 Å². The van der Waals surface area contributed by atoms with Gasteiger partial charge in [0.25, 0.3) is 0 Å². The summed E-state index contributed by atoms with van der Waals surface area (Å²) in [5.41, 5.74) is 0. The van der Waals surface area contributed by atoms with Gasteiger partial charge in [0.05, 0.1) is 19.6 Å². The predicted molar refractivity (Wildman–Crippen MR) is 69.4 cm³/mol. The Morgan fingerprint density at radius 1 is 1.22 bits per heavy atom. The molecule has 0 saturated carbocycles. The second kappa shape index (κ2) is 9.94.